The van der Waals surface area contributed by atoms with E-state index >= 15 is 0 Å². The number of nitrogens with zero attached hydrogens (tertiary/aromatic N) is 2. The molecule has 0 saturated heterocycles. The predicted molar refractivity (Wildman–Crippen MR) is 63.8 cm³/mol. The Morgan fingerprint density at radius 1 is 1.50 bits per heavy atom. The lowest BCUT2D eigenvalue weighted by Crippen LogP contribution is -2.10. The summed E-state index contributed by atoms with van der Waals surface area (Å²) < 4.78 is 15.7. The van der Waals surface area contributed by atoms with Gasteiger partial charge in [-0.1, -0.05) is 0 Å². The molecule has 0 radical (unpaired) electrons. The molecule has 1 atom stereocenters. The zero-order valence-electron chi connectivity index (χ0n) is 8.69. The number of benzene rings is 1. The number of nitrogens with two attached hydrogens (primary N) is 1. The fraction of sp³-hybridized carbons (Fsp3) is 0.182. The van der Waals surface area contributed by atoms with Crippen molar-refractivity contribution < 1.29 is 4.39 Å². The Bertz CT molecular complexity index is 508. The van der Waals surface area contributed by atoms with Gasteiger partial charge in [-0.2, -0.15) is 5.10 Å². The second-order valence-corrected chi connectivity index (χ2v) is 4.51. The zero-order chi connectivity index (χ0) is 11.7. The maximum absolute atomic E-state index is 13.1. The molecule has 3 nitrogen and oxygen atoms in total. The summed E-state index contributed by atoms with van der Waals surface area (Å²) in [7, 11) is 0. The van der Waals surface area contributed by atoms with Crippen molar-refractivity contribution in [3.8, 4) is 5.69 Å². The van der Waals surface area contributed by atoms with Crippen molar-refractivity contribution in [2.45, 2.75) is 13.0 Å². The van der Waals surface area contributed by atoms with E-state index in [1.54, 1.807) is 23.1 Å². The van der Waals surface area contributed by atoms with Gasteiger partial charge in [0.1, 0.15) is 5.82 Å². The van der Waals surface area contributed by atoms with Gasteiger partial charge in [-0.25, -0.2) is 9.07 Å². The first-order chi connectivity index (χ1) is 7.58. The lowest BCUT2D eigenvalue weighted by molar-refractivity contribution is 0.620. The van der Waals surface area contributed by atoms with Gasteiger partial charge < -0.3 is 5.73 Å². The van der Waals surface area contributed by atoms with Crippen LogP contribution in [0.25, 0.3) is 5.69 Å². The van der Waals surface area contributed by atoms with Gasteiger partial charge in [0.25, 0.3) is 0 Å². The van der Waals surface area contributed by atoms with E-state index in [4.69, 9.17) is 5.73 Å². The smallest absolute Gasteiger partial charge is 0.123 e. The monoisotopic (exact) mass is 283 g/mol. The summed E-state index contributed by atoms with van der Waals surface area (Å²) >= 11 is 3.32. The van der Waals surface area contributed by atoms with Crippen molar-refractivity contribution in [1.29, 1.82) is 0 Å². The number of aromatic nitrogens is 2. The fourth-order valence-electron chi connectivity index (χ4n) is 1.53. The van der Waals surface area contributed by atoms with Gasteiger partial charge in [0.2, 0.25) is 0 Å². The van der Waals surface area contributed by atoms with Crippen molar-refractivity contribution >= 4 is 15.9 Å². The van der Waals surface area contributed by atoms with Crippen molar-refractivity contribution in [2.24, 2.45) is 5.73 Å². The number of halogens is 2. The fourth-order valence-corrected chi connectivity index (χ4v) is 1.82. The Balaban J connectivity index is 2.56. The summed E-state index contributed by atoms with van der Waals surface area (Å²) in [5, 5.41) is 4.15. The van der Waals surface area contributed by atoms with Gasteiger partial charge in [-0.3, -0.25) is 0 Å². The zero-order valence-corrected chi connectivity index (χ0v) is 10.3. The van der Waals surface area contributed by atoms with Gasteiger partial charge in [0, 0.05) is 12.2 Å². The lowest BCUT2D eigenvalue weighted by Gasteiger charge is -2.12. The molecule has 2 rings (SSSR count). The molecule has 16 heavy (non-hydrogen) atoms. The molecule has 1 aromatic heterocycles. The highest BCUT2D eigenvalue weighted by atomic mass is 79.9. The molecule has 0 bridgehead atoms. The highest BCUT2D eigenvalue weighted by Crippen LogP contribution is 2.22. The number of hydrogen-bond donors (Lipinski definition) is 1. The molecule has 0 aliphatic heterocycles. The van der Waals surface area contributed by atoms with E-state index in [1.807, 2.05) is 6.92 Å². The van der Waals surface area contributed by atoms with Crippen LogP contribution in [0.3, 0.4) is 0 Å². The average molecular weight is 284 g/mol. The van der Waals surface area contributed by atoms with Crippen LogP contribution in [-0.4, -0.2) is 9.78 Å². The van der Waals surface area contributed by atoms with E-state index < -0.39 is 0 Å². The first-order valence-electron chi connectivity index (χ1n) is 4.83. The normalized spacial score (nSPS) is 12.8. The molecule has 1 aromatic carbocycles. The van der Waals surface area contributed by atoms with Crippen LogP contribution in [0.2, 0.25) is 0 Å². The molecule has 2 aromatic rings. The molecule has 0 aliphatic carbocycles. The first kappa shape index (κ1) is 11.3. The van der Waals surface area contributed by atoms with Crippen LogP contribution < -0.4 is 5.73 Å². The highest BCUT2D eigenvalue weighted by Gasteiger charge is 2.10. The molecule has 2 N–H and O–H groups in total. The van der Waals surface area contributed by atoms with E-state index in [-0.39, 0.29) is 11.9 Å². The summed E-state index contributed by atoms with van der Waals surface area (Å²) in [5.41, 5.74) is 7.33. The SMILES string of the molecule is C[C@H](N)c1cc(F)ccc1-n1cc(Br)cn1. The summed E-state index contributed by atoms with van der Waals surface area (Å²) in [4.78, 5) is 0. The molecule has 84 valence electrons. The van der Waals surface area contributed by atoms with Crippen molar-refractivity contribution in [3.05, 3.63) is 46.4 Å². The molecule has 0 fully saturated rings. The van der Waals surface area contributed by atoms with Crippen molar-refractivity contribution in [3.63, 3.8) is 0 Å². The van der Waals surface area contributed by atoms with Crippen LogP contribution in [0.4, 0.5) is 4.39 Å². The summed E-state index contributed by atoms with van der Waals surface area (Å²) in [6.07, 6.45) is 3.48. The van der Waals surface area contributed by atoms with E-state index in [2.05, 4.69) is 21.0 Å². The standard InChI is InChI=1S/C11H11BrFN3/c1-7(14)10-4-9(13)2-3-11(10)16-6-8(12)5-15-16/h2-7H,14H2,1H3/t7-/m0/s1. The maximum Gasteiger partial charge on any atom is 0.123 e. The van der Waals surface area contributed by atoms with E-state index in [9.17, 15) is 4.39 Å². The van der Waals surface area contributed by atoms with E-state index in [1.165, 1.54) is 12.1 Å². The Morgan fingerprint density at radius 3 is 2.81 bits per heavy atom. The highest BCUT2D eigenvalue weighted by molar-refractivity contribution is 9.10. The Hall–Kier alpha value is -1.20. The molecule has 0 saturated carbocycles. The molecule has 5 heteroatoms. The van der Waals surface area contributed by atoms with Crippen LogP contribution >= 0.6 is 15.9 Å². The quantitative estimate of drug-likeness (QED) is 0.921. The Morgan fingerprint density at radius 2 is 2.25 bits per heavy atom. The van der Waals surface area contributed by atoms with Crippen LogP contribution in [0, 0.1) is 5.82 Å². The van der Waals surface area contributed by atoms with Gasteiger partial charge in [0.05, 0.1) is 16.4 Å². The van der Waals surface area contributed by atoms with Crippen LogP contribution in [-0.2, 0) is 0 Å². The Kier molecular flexibility index (Phi) is 3.07. The minimum absolute atomic E-state index is 0.242. The van der Waals surface area contributed by atoms with Crippen LogP contribution in [0.5, 0.6) is 0 Å². The molecule has 1 heterocycles. The third-order valence-electron chi connectivity index (χ3n) is 2.28. The maximum atomic E-state index is 13.1. The molecular weight excluding hydrogens is 273 g/mol. The summed E-state index contributed by atoms with van der Waals surface area (Å²) in [6, 6.07) is 4.27. The topological polar surface area (TPSA) is 43.8 Å². The number of rotatable bonds is 2. The van der Waals surface area contributed by atoms with Crippen molar-refractivity contribution in [2.75, 3.05) is 0 Å². The minimum Gasteiger partial charge on any atom is -0.324 e. The van der Waals surface area contributed by atoms with Crippen LogP contribution in [0.1, 0.15) is 18.5 Å². The molecule has 0 aliphatic rings. The lowest BCUT2D eigenvalue weighted by atomic mass is 10.1. The third kappa shape index (κ3) is 2.15. The van der Waals surface area contributed by atoms with E-state index in [0.717, 1.165) is 15.7 Å². The largest absolute Gasteiger partial charge is 0.324 e. The molecular formula is C11H11BrFN3. The van der Waals surface area contributed by atoms with E-state index in [0.29, 0.717) is 0 Å². The minimum atomic E-state index is -0.290. The third-order valence-corrected chi connectivity index (χ3v) is 2.69. The molecule has 0 amide bonds. The average Bonchev–Trinajstić information content (AvgIpc) is 2.64. The second kappa shape index (κ2) is 4.35. The van der Waals surface area contributed by atoms with Gasteiger partial charge >= 0.3 is 0 Å². The van der Waals surface area contributed by atoms with Gasteiger partial charge in [-0.15, -0.1) is 0 Å². The molecule has 0 spiro atoms. The second-order valence-electron chi connectivity index (χ2n) is 3.59. The van der Waals surface area contributed by atoms with Gasteiger partial charge in [0.15, 0.2) is 0 Å². The number of hydrogen-bond acceptors (Lipinski definition) is 2. The van der Waals surface area contributed by atoms with Crippen LogP contribution in [0.15, 0.2) is 35.1 Å². The first-order valence-corrected chi connectivity index (χ1v) is 5.63. The van der Waals surface area contributed by atoms with Gasteiger partial charge in [-0.05, 0) is 46.6 Å². The Labute approximate surface area is 101 Å². The predicted octanol–water partition coefficient (Wildman–Crippen LogP) is 2.79. The summed E-state index contributed by atoms with van der Waals surface area (Å²) in [6.45, 7) is 1.82. The van der Waals surface area contributed by atoms with Crippen molar-refractivity contribution in [1.82, 2.24) is 9.78 Å². The summed E-state index contributed by atoms with van der Waals surface area (Å²) in [5.74, 6) is -0.290. The molecule has 0 unspecified atom stereocenters.